The van der Waals surface area contributed by atoms with E-state index < -0.39 is 18.2 Å². The maximum absolute atomic E-state index is 11.7. The summed E-state index contributed by atoms with van der Waals surface area (Å²) in [6, 6.07) is 0. The number of hydrogen-bond donors (Lipinski definition) is 0. The van der Waals surface area contributed by atoms with E-state index in [9.17, 15) is 13.2 Å². The second-order valence-electron chi connectivity index (χ2n) is 2.24. The summed E-state index contributed by atoms with van der Waals surface area (Å²) in [5.74, 6) is 0. The summed E-state index contributed by atoms with van der Waals surface area (Å²) in [5.41, 5.74) is -0.530. The summed E-state index contributed by atoms with van der Waals surface area (Å²) in [6.07, 6.45) is -3.04. The van der Waals surface area contributed by atoms with Crippen molar-refractivity contribution in [3.05, 3.63) is 0 Å². The first-order chi connectivity index (χ1) is 4.97. The van der Waals surface area contributed by atoms with Crippen molar-refractivity contribution < 1.29 is 13.2 Å². The third kappa shape index (κ3) is 2.96. The summed E-state index contributed by atoms with van der Waals surface area (Å²) < 4.78 is 35.1. The molecule has 0 radical (unpaired) electrons. The number of halogens is 4. The second-order valence-corrected chi connectivity index (χ2v) is 2.75. The Balaban J connectivity index is 2.36. The van der Waals surface area contributed by atoms with Crippen molar-refractivity contribution in [3.8, 4) is 0 Å². The number of rotatable bonds is 1. The SMILES string of the molecule is FC(F)(F)CN1C=NC(Cl)C1. The topological polar surface area (TPSA) is 15.6 Å². The molecular weight excluding hydrogens is 181 g/mol. The molecule has 0 saturated heterocycles. The Hall–Kier alpha value is -0.450. The van der Waals surface area contributed by atoms with Gasteiger partial charge >= 0.3 is 6.18 Å². The van der Waals surface area contributed by atoms with Crippen LogP contribution in [0, 0.1) is 0 Å². The smallest absolute Gasteiger partial charge is 0.350 e. The maximum atomic E-state index is 11.7. The molecule has 11 heavy (non-hydrogen) atoms. The highest BCUT2D eigenvalue weighted by Crippen LogP contribution is 2.18. The van der Waals surface area contributed by atoms with Gasteiger partial charge in [-0.25, -0.2) is 0 Å². The molecule has 0 aromatic heterocycles. The average molecular weight is 187 g/mol. The Morgan fingerprint density at radius 3 is 2.64 bits per heavy atom. The minimum atomic E-state index is -4.17. The van der Waals surface area contributed by atoms with E-state index >= 15 is 0 Å². The van der Waals surface area contributed by atoms with Gasteiger partial charge in [-0.05, 0) is 0 Å². The van der Waals surface area contributed by atoms with E-state index in [1.807, 2.05) is 0 Å². The van der Waals surface area contributed by atoms with E-state index in [0.29, 0.717) is 0 Å². The molecule has 0 fully saturated rings. The summed E-state index contributed by atoms with van der Waals surface area (Å²) in [6.45, 7) is -0.833. The van der Waals surface area contributed by atoms with Crippen LogP contribution in [0.25, 0.3) is 0 Å². The first kappa shape index (κ1) is 8.64. The molecule has 0 aromatic rings. The second kappa shape index (κ2) is 2.89. The Bertz CT molecular complexity index is 168. The van der Waals surface area contributed by atoms with Crippen LogP contribution < -0.4 is 0 Å². The first-order valence-corrected chi connectivity index (χ1v) is 3.39. The molecule has 0 spiro atoms. The van der Waals surface area contributed by atoms with Gasteiger partial charge < -0.3 is 4.90 Å². The Labute approximate surface area is 66.6 Å². The van der Waals surface area contributed by atoms with Crippen LogP contribution in [0.2, 0.25) is 0 Å². The molecule has 1 rings (SSSR count). The molecule has 1 heterocycles. The van der Waals surface area contributed by atoms with Crippen molar-refractivity contribution >= 4 is 17.9 Å². The summed E-state index contributed by atoms with van der Waals surface area (Å²) in [4.78, 5) is 4.61. The van der Waals surface area contributed by atoms with Gasteiger partial charge in [0, 0.05) is 0 Å². The van der Waals surface area contributed by atoms with Crippen molar-refractivity contribution in [2.24, 2.45) is 4.99 Å². The first-order valence-electron chi connectivity index (χ1n) is 2.95. The standard InChI is InChI=1S/C5H6ClF3N2/c6-4-1-11(3-10-4)2-5(7,8)9/h3-4H,1-2H2. The lowest BCUT2D eigenvalue weighted by atomic mass is 10.5. The lowest BCUT2D eigenvalue weighted by Gasteiger charge is -2.15. The quantitative estimate of drug-likeness (QED) is 0.447. The van der Waals surface area contributed by atoms with Gasteiger partial charge in [0.1, 0.15) is 12.0 Å². The molecule has 1 atom stereocenters. The molecule has 6 heteroatoms. The van der Waals surface area contributed by atoms with Crippen LogP contribution in [0.3, 0.4) is 0 Å². The fraction of sp³-hybridized carbons (Fsp3) is 0.800. The zero-order valence-corrected chi connectivity index (χ0v) is 6.23. The number of alkyl halides is 4. The van der Waals surface area contributed by atoms with Crippen LogP contribution in [0.4, 0.5) is 13.2 Å². The van der Waals surface area contributed by atoms with Crippen LogP contribution in [0.1, 0.15) is 0 Å². The predicted molar refractivity (Wildman–Crippen MR) is 35.8 cm³/mol. The van der Waals surface area contributed by atoms with Gasteiger partial charge in [-0.15, -0.1) is 0 Å². The number of nitrogens with zero attached hydrogens (tertiary/aromatic N) is 2. The van der Waals surface area contributed by atoms with E-state index in [1.165, 1.54) is 0 Å². The largest absolute Gasteiger partial charge is 0.405 e. The zero-order valence-electron chi connectivity index (χ0n) is 5.48. The van der Waals surface area contributed by atoms with Gasteiger partial charge in [0.2, 0.25) is 0 Å². The Morgan fingerprint density at radius 1 is 1.64 bits per heavy atom. The fourth-order valence-electron chi connectivity index (χ4n) is 0.790. The average Bonchev–Trinajstić information content (AvgIpc) is 2.10. The van der Waals surface area contributed by atoms with E-state index in [1.54, 1.807) is 0 Å². The highest BCUT2D eigenvalue weighted by molar-refractivity contribution is 6.21. The van der Waals surface area contributed by atoms with E-state index in [2.05, 4.69) is 4.99 Å². The predicted octanol–water partition coefficient (Wildman–Crippen LogP) is 1.46. The summed E-state index contributed by atoms with van der Waals surface area (Å²) in [5, 5.41) is 0. The molecule has 0 saturated carbocycles. The van der Waals surface area contributed by atoms with Crippen LogP contribution in [-0.2, 0) is 0 Å². The Morgan fingerprint density at radius 2 is 2.27 bits per heavy atom. The monoisotopic (exact) mass is 186 g/mol. The van der Waals surface area contributed by atoms with Crippen LogP contribution >= 0.6 is 11.6 Å². The third-order valence-corrected chi connectivity index (χ3v) is 1.41. The van der Waals surface area contributed by atoms with Gasteiger partial charge in [0.25, 0.3) is 0 Å². The van der Waals surface area contributed by atoms with Gasteiger partial charge in [0.05, 0.1) is 12.9 Å². The van der Waals surface area contributed by atoms with Crippen molar-refractivity contribution in [1.29, 1.82) is 0 Å². The molecule has 1 unspecified atom stereocenters. The zero-order chi connectivity index (χ0) is 8.48. The molecule has 0 N–H and O–H groups in total. The normalized spacial score (nSPS) is 24.7. The molecule has 1 aliphatic rings. The number of aliphatic imine (C=N–C) groups is 1. The molecule has 1 aliphatic heterocycles. The summed E-state index contributed by atoms with van der Waals surface area (Å²) in [7, 11) is 0. The van der Waals surface area contributed by atoms with Crippen molar-refractivity contribution in [1.82, 2.24) is 4.90 Å². The minimum Gasteiger partial charge on any atom is -0.350 e. The van der Waals surface area contributed by atoms with Crippen LogP contribution in [0.15, 0.2) is 4.99 Å². The highest BCUT2D eigenvalue weighted by Gasteiger charge is 2.31. The molecule has 0 aromatic carbocycles. The molecule has 0 aliphatic carbocycles. The van der Waals surface area contributed by atoms with Crippen molar-refractivity contribution in [2.45, 2.75) is 11.7 Å². The molecule has 64 valence electrons. The molecular formula is C5H6ClF3N2. The molecule has 0 bridgehead atoms. The van der Waals surface area contributed by atoms with Gasteiger partial charge in [0.15, 0.2) is 0 Å². The van der Waals surface area contributed by atoms with Crippen molar-refractivity contribution in [3.63, 3.8) is 0 Å². The van der Waals surface area contributed by atoms with Crippen molar-refractivity contribution in [2.75, 3.05) is 13.1 Å². The van der Waals surface area contributed by atoms with Gasteiger partial charge in [-0.2, -0.15) is 13.2 Å². The third-order valence-electron chi connectivity index (χ3n) is 1.16. The lowest BCUT2D eigenvalue weighted by Crippen LogP contribution is -2.32. The van der Waals surface area contributed by atoms with Crippen LogP contribution in [0.5, 0.6) is 0 Å². The number of hydrogen-bond acceptors (Lipinski definition) is 2. The van der Waals surface area contributed by atoms with Crippen LogP contribution in [-0.4, -0.2) is 36.0 Å². The minimum absolute atomic E-state index is 0.140. The van der Waals surface area contributed by atoms with Gasteiger partial charge in [-0.1, -0.05) is 11.6 Å². The van der Waals surface area contributed by atoms with E-state index in [0.717, 1.165) is 11.2 Å². The van der Waals surface area contributed by atoms with Gasteiger partial charge in [-0.3, -0.25) is 4.99 Å². The van der Waals surface area contributed by atoms with E-state index in [-0.39, 0.29) is 6.54 Å². The molecule has 0 amide bonds. The molecule has 2 nitrogen and oxygen atoms in total. The van der Waals surface area contributed by atoms with E-state index in [4.69, 9.17) is 11.6 Å². The highest BCUT2D eigenvalue weighted by atomic mass is 35.5. The fourth-order valence-corrected chi connectivity index (χ4v) is 1.02. The lowest BCUT2D eigenvalue weighted by molar-refractivity contribution is -0.136. The Kier molecular flexibility index (Phi) is 2.27. The maximum Gasteiger partial charge on any atom is 0.405 e. The summed E-state index contributed by atoms with van der Waals surface area (Å²) >= 11 is 5.43.